The van der Waals surface area contributed by atoms with Crippen molar-refractivity contribution in [3.8, 4) is 11.5 Å². The number of ether oxygens (including phenoxy) is 2. The lowest BCUT2D eigenvalue weighted by Gasteiger charge is -2.28. The minimum atomic E-state index is -0.844. The molecule has 0 bridgehead atoms. The highest BCUT2D eigenvalue weighted by Crippen LogP contribution is 2.37. The van der Waals surface area contributed by atoms with Gasteiger partial charge in [0.25, 0.3) is 0 Å². The number of aliphatic hydroxyl groups is 1. The quantitative estimate of drug-likeness (QED) is 0.692. The lowest BCUT2D eigenvalue weighted by atomic mass is 10.1. The highest BCUT2D eigenvalue weighted by molar-refractivity contribution is 5.72. The number of fused-ring (bicyclic) bond motifs is 1. The Labute approximate surface area is 119 Å². The van der Waals surface area contributed by atoms with Crippen molar-refractivity contribution in [2.75, 3.05) is 51.4 Å². The van der Waals surface area contributed by atoms with Gasteiger partial charge < -0.3 is 30.5 Å². The molecule has 0 amide bonds. The fourth-order valence-electron chi connectivity index (χ4n) is 2.28. The first-order valence-corrected chi connectivity index (χ1v) is 6.67. The Bertz CT molecular complexity index is 475. The van der Waals surface area contributed by atoms with E-state index in [0.29, 0.717) is 43.5 Å². The van der Waals surface area contributed by atoms with Gasteiger partial charge in [0.05, 0.1) is 17.0 Å². The third kappa shape index (κ3) is 3.68. The first kappa shape index (κ1) is 14.7. The van der Waals surface area contributed by atoms with Gasteiger partial charge in [-0.05, 0) is 21.0 Å². The minimum Gasteiger partial charge on any atom is -0.486 e. The van der Waals surface area contributed by atoms with Crippen molar-refractivity contribution in [3.05, 3.63) is 12.1 Å². The summed E-state index contributed by atoms with van der Waals surface area (Å²) in [6, 6.07) is 3.56. The van der Waals surface area contributed by atoms with Gasteiger partial charge in [-0.15, -0.1) is 0 Å². The van der Waals surface area contributed by atoms with Gasteiger partial charge in [0.1, 0.15) is 13.2 Å². The Hall–Kier alpha value is -1.66. The van der Waals surface area contributed by atoms with Crippen molar-refractivity contribution in [1.29, 1.82) is 0 Å². The summed E-state index contributed by atoms with van der Waals surface area (Å²) < 4.78 is 11.0. The first-order valence-electron chi connectivity index (χ1n) is 6.67. The zero-order valence-electron chi connectivity index (χ0n) is 12.3. The van der Waals surface area contributed by atoms with Gasteiger partial charge in [-0.2, -0.15) is 0 Å². The number of hydrogen-bond donors (Lipinski definition) is 3. The zero-order valence-corrected chi connectivity index (χ0v) is 12.3. The molecule has 1 aliphatic rings. The van der Waals surface area contributed by atoms with Crippen LogP contribution in [-0.2, 0) is 0 Å². The lowest BCUT2D eigenvalue weighted by molar-refractivity contribution is 0.0460. The van der Waals surface area contributed by atoms with Gasteiger partial charge in [-0.1, -0.05) is 0 Å². The summed E-state index contributed by atoms with van der Waals surface area (Å²) in [7, 11) is 3.85. The molecule has 1 unspecified atom stereocenters. The van der Waals surface area contributed by atoms with Crippen molar-refractivity contribution in [3.63, 3.8) is 0 Å². The highest BCUT2D eigenvalue weighted by atomic mass is 16.6. The van der Waals surface area contributed by atoms with Gasteiger partial charge in [0, 0.05) is 25.2 Å². The second kappa shape index (κ2) is 5.76. The fourth-order valence-corrected chi connectivity index (χ4v) is 2.28. The van der Waals surface area contributed by atoms with Crippen molar-refractivity contribution in [2.45, 2.75) is 12.5 Å². The summed E-state index contributed by atoms with van der Waals surface area (Å²) in [5.74, 6) is 1.35. The monoisotopic (exact) mass is 281 g/mol. The van der Waals surface area contributed by atoms with E-state index in [4.69, 9.17) is 15.2 Å². The standard InChI is InChI=1S/C14H23N3O3/c1-14(18,9-17(2)3)8-16-11-7-13-12(6-10(11)15)19-4-5-20-13/h6-7,16,18H,4-5,8-9,15H2,1-3H3. The van der Waals surface area contributed by atoms with Crippen LogP contribution in [0.1, 0.15) is 6.92 Å². The number of rotatable bonds is 5. The summed E-state index contributed by atoms with van der Waals surface area (Å²) in [6.45, 7) is 3.82. The molecule has 1 aromatic carbocycles. The fraction of sp³-hybridized carbons (Fsp3) is 0.571. The number of benzene rings is 1. The molecular formula is C14H23N3O3. The molecule has 0 radical (unpaired) electrons. The molecule has 1 heterocycles. The Kier molecular flexibility index (Phi) is 4.25. The van der Waals surface area contributed by atoms with Crippen LogP contribution in [0.15, 0.2) is 12.1 Å². The molecular weight excluding hydrogens is 258 g/mol. The van der Waals surface area contributed by atoms with E-state index in [1.54, 1.807) is 13.0 Å². The summed E-state index contributed by atoms with van der Waals surface area (Å²) in [6.07, 6.45) is 0. The van der Waals surface area contributed by atoms with Crippen molar-refractivity contribution in [1.82, 2.24) is 4.90 Å². The molecule has 112 valence electrons. The molecule has 1 aliphatic heterocycles. The molecule has 20 heavy (non-hydrogen) atoms. The number of nitrogens with one attached hydrogen (secondary N) is 1. The number of nitrogens with two attached hydrogens (primary N) is 1. The Morgan fingerprint density at radius 2 is 1.90 bits per heavy atom. The molecule has 2 rings (SSSR count). The maximum Gasteiger partial charge on any atom is 0.163 e. The molecule has 6 nitrogen and oxygen atoms in total. The molecule has 6 heteroatoms. The topological polar surface area (TPSA) is 80.0 Å². The van der Waals surface area contributed by atoms with Crippen LogP contribution in [0, 0.1) is 0 Å². The zero-order chi connectivity index (χ0) is 14.8. The second-order valence-corrected chi connectivity index (χ2v) is 5.67. The summed E-state index contributed by atoms with van der Waals surface area (Å²) in [5, 5.41) is 13.4. The molecule has 0 saturated heterocycles. The van der Waals surface area contributed by atoms with Gasteiger partial charge in [0.2, 0.25) is 0 Å². The maximum absolute atomic E-state index is 10.3. The maximum atomic E-state index is 10.3. The Morgan fingerprint density at radius 1 is 1.30 bits per heavy atom. The largest absolute Gasteiger partial charge is 0.486 e. The van der Waals surface area contributed by atoms with E-state index in [0.717, 1.165) is 5.69 Å². The van der Waals surface area contributed by atoms with Gasteiger partial charge in [-0.3, -0.25) is 0 Å². The van der Waals surface area contributed by atoms with Crippen LogP contribution in [0.2, 0.25) is 0 Å². The van der Waals surface area contributed by atoms with E-state index < -0.39 is 5.60 Å². The first-order chi connectivity index (χ1) is 9.37. The van der Waals surface area contributed by atoms with Crippen molar-refractivity contribution >= 4 is 11.4 Å². The molecule has 0 saturated carbocycles. The molecule has 1 atom stereocenters. The van der Waals surface area contributed by atoms with E-state index in [1.165, 1.54) is 0 Å². The number of anilines is 2. The van der Waals surface area contributed by atoms with E-state index >= 15 is 0 Å². The number of nitrogens with zero attached hydrogens (tertiary/aromatic N) is 1. The normalized spacial score (nSPS) is 16.9. The smallest absolute Gasteiger partial charge is 0.163 e. The van der Waals surface area contributed by atoms with Crippen LogP contribution in [0.25, 0.3) is 0 Å². The summed E-state index contributed by atoms with van der Waals surface area (Å²) >= 11 is 0. The minimum absolute atomic E-state index is 0.398. The van der Waals surface area contributed by atoms with Crippen molar-refractivity contribution in [2.24, 2.45) is 0 Å². The molecule has 1 aromatic rings. The van der Waals surface area contributed by atoms with Crippen LogP contribution < -0.4 is 20.5 Å². The second-order valence-electron chi connectivity index (χ2n) is 5.67. The predicted molar refractivity (Wildman–Crippen MR) is 79.5 cm³/mol. The van der Waals surface area contributed by atoms with Crippen LogP contribution in [-0.4, -0.2) is 56.0 Å². The Morgan fingerprint density at radius 3 is 2.50 bits per heavy atom. The van der Waals surface area contributed by atoms with Crippen LogP contribution in [0.3, 0.4) is 0 Å². The predicted octanol–water partition coefficient (Wildman–Crippen LogP) is 0.764. The van der Waals surface area contributed by atoms with E-state index in [9.17, 15) is 5.11 Å². The molecule has 0 aromatic heterocycles. The average Bonchev–Trinajstić information content (AvgIpc) is 2.34. The van der Waals surface area contributed by atoms with Gasteiger partial charge >= 0.3 is 0 Å². The lowest BCUT2D eigenvalue weighted by Crippen LogP contribution is -2.43. The summed E-state index contributed by atoms with van der Waals surface area (Å²) in [5.41, 5.74) is 6.46. The van der Waals surface area contributed by atoms with E-state index in [2.05, 4.69) is 5.32 Å². The Balaban J connectivity index is 2.06. The number of nitrogen functional groups attached to an aromatic ring is 1. The van der Waals surface area contributed by atoms with Crippen LogP contribution in [0.5, 0.6) is 11.5 Å². The number of hydrogen-bond acceptors (Lipinski definition) is 6. The third-order valence-electron chi connectivity index (χ3n) is 3.03. The average molecular weight is 281 g/mol. The highest BCUT2D eigenvalue weighted by Gasteiger charge is 2.22. The van der Waals surface area contributed by atoms with Gasteiger partial charge in [-0.25, -0.2) is 0 Å². The van der Waals surface area contributed by atoms with Crippen molar-refractivity contribution < 1.29 is 14.6 Å². The SMILES string of the molecule is CN(C)CC(C)(O)CNc1cc2c(cc1N)OCCO2. The molecule has 0 spiro atoms. The van der Waals surface area contributed by atoms with Crippen LogP contribution in [0.4, 0.5) is 11.4 Å². The molecule has 0 fully saturated rings. The van der Waals surface area contributed by atoms with E-state index in [1.807, 2.05) is 25.1 Å². The number of likely N-dealkylation sites (N-methyl/N-ethyl adjacent to an activating group) is 1. The van der Waals surface area contributed by atoms with E-state index in [-0.39, 0.29) is 0 Å². The van der Waals surface area contributed by atoms with Crippen LogP contribution >= 0.6 is 0 Å². The third-order valence-corrected chi connectivity index (χ3v) is 3.03. The summed E-state index contributed by atoms with van der Waals surface area (Å²) in [4.78, 5) is 1.94. The molecule has 4 N–H and O–H groups in total. The van der Waals surface area contributed by atoms with Gasteiger partial charge in [0.15, 0.2) is 11.5 Å². The molecule has 0 aliphatic carbocycles.